The van der Waals surface area contributed by atoms with Gasteiger partial charge in [-0.25, -0.2) is 0 Å². The average molecular weight is 607 g/mol. The van der Waals surface area contributed by atoms with E-state index in [0.29, 0.717) is 47.5 Å². The van der Waals surface area contributed by atoms with E-state index in [9.17, 15) is 14.7 Å². The first kappa shape index (κ1) is 31.3. The summed E-state index contributed by atoms with van der Waals surface area (Å²) in [5.74, 6) is 0.381. The first-order chi connectivity index (χ1) is 21.7. The number of nitrogens with zero attached hydrogens (tertiary/aromatic N) is 2. The molecule has 1 saturated heterocycles. The molecule has 8 heteroatoms. The number of rotatable bonds is 12. The molecular weight excluding hydrogens is 568 g/mol. The van der Waals surface area contributed by atoms with Crippen molar-refractivity contribution in [3.05, 3.63) is 125 Å². The quantitative estimate of drug-likeness (QED) is 0.105. The van der Waals surface area contributed by atoms with Crippen molar-refractivity contribution in [3.8, 4) is 17.2 Å². The zero-order valence-corrected chi connectivity index (χ0v) is 26.0. The van der Waals surface area contributed by atoms with Gasteiger partial charge in [0.2, 0.25) is 0 Å². The van der Waals surface area contributed by atoms with E-state index in [4.69, 9.17) is 14.2 Å². The number of ketones is 1. The summed E-state index contributed by atoms with van der Waals surface area (Å²) in [5.41, 5.74) is 3.93. The van der Waals surface area contributed by atoms with Crippen molar-refractivity contribution in [1.82, 2.24) is 9.88 Å². The summed E-state index contributed by atoms with van der Waals surface area (Å²) in [4.78, 5) is 32.7. The molecule has 1 N–H and O–H groups in total. The highest BCUT2D eigenvalue weighted by Gasteiger charge is 2.46. The summed E-state index contributed by atoms with van der Waals surface area (Å²) >= 11 is 0. The lowest BCUT2D eigenvalue weighted by molar-refractivity contribution is -0.140. The van der Waals surface area contributed by atoms with Crippen LogP contribution in [0.4, 0.5) is 0 Å². The first-order valence-corrected chi connectivity index (χ1v) is 15.0. The number of carbonyl (C=O) groups is 2. The van der Waals surface area contributed by atoms with E-state index < -0.39 is 17.7 Å². The van der Waals surface area contributed by atoms with Gasteiger partial charge >= 0.3 is 0 Å². The van der Waals surface area contributed by atoms with E-state index in [1.54, 1.807) is 68.0 Å². The van der Waals surface area contributed by atoms with Crippen LogP contribution in [0.15, 0.2) is 96.8 Å². The van der Waals surface area contributed by atoms with E-state index in [1.807, 2.05) is 31.2 Å². The molecule has 0 spiro atoms. The van der Waals surface area contributed by atoms with Crippen molar-refractivity contribution in [3.63, 3.8) is 0 Å². The SMILES string of the molecule is COc1cc(C2C(=C(O)c3ccc(OCc4cccc(C)c4)cc3)C(=O)C(=O)N2Cc2cccnc2)ccc1OCCC(C)C. The largest absolute Gasteiger partial charge is 0.507 e. The molecule has 2 heterocycles. The maximum atomic E-state index is 13.6. The van der Waals surface area contributed by atoms with Crippen molar-refractivity contribution in [2.24, 2.45) is 5.92 Å². The Morgan fingerprint density at radius 2 is 1.71 bits per heavy atom. The molecule has 1 aliphatic heterocycles. The van der Waals surface area contributed by atoms with Gasteiger partial charge in [0.25, 0.3) is 11.7 Å². The van der Waals surface area contributed by atoms with Gasteiger partial charge < -0.3 is 24.2 Å². The maximum absolute atomic E-state index is 13.6. The number of ether oxygens (including phenoxy) is 3. The summed E-state index contributed by atoms with van der Waals surface area (Å²) < 4.78 is 17.6. The number of aliphatic hydroxyl groups excluding tert-OH is 1. The number of hydrogen-bond acceptors (Lipinski definition) is 7. The van der Waals surface area contributed by atoms with Crippen LogP contribution in [-0.4, -0.2) is 40.4 Å². The number of hydrogen-bond donors (Lipinski definition) is 1. The van der Waals surface area contributed by atoms with Crippen LogP contribution in [0, 0.1) is 12.8 Å². The molecule has 1 atom stereocenters. The average Bonchev–Trinajstić information content (AvgIpc) is 3.29. The number of carbonyl (C=O) groups excluding carboxylic acids is 2. The van der Waals surface area contributed by atoms with Crippen LogP contribution in [-0.2, 0) is 22.7 Å². The minimum atomic E-state index is -0.874. The Morgan fingerprint density at radius 3 is 2.40 bits per heavy atom. The molecule has 0 bridgehead atoms. The molecule has 4 aromatic rings. The van der Waals surface area contributed by atoms with Crippen molar-refractivity contribution in [2.75, 3.05) is 13.7 Å². The van der Waals surface area contributed by atoms with E-state index >= 15 is 0 Å². The Kier molecular flexibility index (Phi) is 9.82. The van der Waals surface area contributed by atoms with Crippen LogP contribution in [0.1, 0.15) is 54.1 Å². The third-order valence-corrected chi connectivity index (χ3v) is 7.69. The van der Waals surface area contributed by atoms with Gasteiger partial charge in [-0.2, -0.15) is 0 Å². The number of pyridine rings is 1. The Bertz CT molecular complexity index is 1680. The van der Waals surface area contributed by atoms with Gasteiger partial charge in [0.05, 0.1) is 25.3 Å². The third-order valence-electron chi connectivity index (χ3n) is 7.69. The van der Waals surface area contributed by atoms with E-state index in [1.165, 1.54) is 4.90 Å². The van der Waals surface area contributed by atoms with Gasteiger partial charge in [0.1, 0.15) is 18.1 Å². The van der Waals surface area contributed by atoms with Gasteiger partial charge in [-0.15, -0.1) is 0 Å². The van der Waals surface area contributed by atoms with E-state index in [0.717, 1.165) is 23.1 Å². The molecule has 0 saturated carbocycles. The molecule has 5 rings (SSSR count). The van der Waals surface area contributed by atoms with Gasteiger partial charge in [0, 0.05) is 24.5 Å². The van der Waals surface area contributed by atoms with Crippen molar-refractivity contribution >= 4 is 17.4 Å². The normalized spacial score (nSPS) is 15.8. The summed E-state index contributed by atoms with van der Waals surface area (Å²) in [6, 6.07) is 23.0. The summed E-state index contributed by atoms with van der Waals surface area (Å²) in [7, 11) is 1.55. The van der Waals surface area contributed by atoms with Gasteiger partial charge in [0.15, 0.2) is 11.5 Å². The molecule has 8 nitrogen and oxygen atoms in total. The second-order valence-corrected chi connectivity index (χ2v) is 11.5. The third kappa shape index (κ3) is 7.34. The lowest BCUT2D eigenvalue weighted by Crippen LogP contribution is -2.29. The van der Waals surface area contributed by atoms with Gasteiger partial charge in [-0.05, 0) is 78.4 Å². The van der Waals surface area contributed by atoms with Crippen LogP contribution in [0.2, 0.25) is 0 Å². The smallest absolute Gasteiger partial charge is 0.295 e. The molecule has 1 aromatic heterocycles. The Hall–Kier alpha value is -5.11. The zero-order chi connectivity index (χ0) is 31.9. The lowest BCUT2D eigenvalue weighted by Gasteiger charge is -2.26. The molecule has 1 fully saturated rings. The molecule has 45 heavy (non-hydrogen) atoms. The van der Waals surface area contributed by atoms with Gasteiger partial charge in [-0.1, -0.05) is 55.8 Å². The minimum Gasteiger partial charge on any atom is -0.507 e. The molecule has 0 radical (unpaired) electrons. The molecule has 1 aliphatic rings. The predicted molar refractivity (Wildman–Crippen MR) is 172 cm³/mol. The zero-order valence-electron chi connectivity index (χ0n) is 26.0. The van der Waals surface area contributed by atoms with Crippen LogP contribution >= 0.6 is 0 Å². The summed E-state index contributed by atoms with van der Waals surface area (Å²) in [6.07, 6.45) is 4.18. The fourth-order valence-electron chi connectivity index (χ4n) is 5.29. The number of amides is 1. The predicted octanol–water partition coefficient (Wildman–Crippen LogP) is 7.02. The lowest BCUT2D eigenvalue weighted by atomic mass is 9.94. The molecule has 232 valence electrons. The molecule has 1 unspecified atom stereocenters. The Balaban J connectivity index is 1.49. The molecule has 0 aliphatic carbocycles. The van der Waals surface area contributed by atoms with Crippen molar-refractivity contribution < 1.29 is 28.9 Å². The van der Waals surface area contributed by atoms with Crippen LogP contribution in [0.25, 0.3) is 5.76 Å². The Labute approximate surface area is 263 Å². The molecular formula is C37H38N2O6. The minimum absolute atomic E-state index is 0.00662. The number of aromatic nitrogens is 1. The number of aryl methyl sites for hydroxylation is 1. The Morgan fingerprint density at radius 1 is 0.933 bits per heavy atom. The van der Waals surface area contributed by atoms with Crippen LogP contribution in [0.5, 0.6) is 17.2 Å². The second kappa shape index (κ2) is 14.1. The topological polar surface area (TPSA) is 98.2 Å². The van der Waals surface area contributed by atoms with Crippen molar-refractivity contribution in [2.45, 2.75) is 46.4 Å². The first-order valence-electron chi connectivity index (χ1n) is 15.0. The van der Waals surface area contributed by atoms with Crippen LogP contribution in [0.3, 0.4) is 0 Å². The highest BCUT2D eigenvalue weighted by Crippen LogP contribution is 2.43. The standard InChI is InChI=1S/C37H38N2O6/c1-24(2)16-18-44-31-15-12-29(20-32(31)43-4)34-33(36(41)37(42)39(34)22-27-9-6-17-38-21-27)35(40)28-10-13-30(14-11-28)45-23-26-8-5-7-25(3)19-26/h5-15,17,19-21,24,34,40H,16,18,22-23H2,1-4H3. The number of aliphatic hydroxyl groups is 1. The number of Topliss-reactive ketones (excluding diaryl/α,β-unsaturated/α-hetero) is 1. The van der Waals surface area contributed by atoms with Crippen molar-refractivity contribution in [1.29, 1.82) is 0 Å². The number of likely N-dealkylation sites (tertiary alicyclic amines) is 1. The number of methoxy groups -OCH3 is 1. The highest BCUT2D eigenvalue weighted by atomic mass is 16.5. The fraction of sp³-hybridized carbons (Fsp3) is 0.270. The molecule has 1 amide bonds. The summed E-state index contributed by atoms with van der Waals surface area (Å²) in [6.45, 7) is 7.33. The number of benzene rings is 3. The highest BCUT2D eigenvalue weighted by molar-refractivity contribution is 6.46. The van der Waals surface area contributed by atoms with E-state index in [2.05, 4.69) is 24.9 Å². The maximum Gasteiger partial charge on any atom is 0.295 e. The van der Waals surface area contributed by atoms with Crippen LogP contribution < -0.4 is 14.2 Å². The molecule has 3 aromatic carbocycles. The fourth-order valence-corrected chi connectivity index (χ4v) is 5.29. The monoisotopic (exact) mass is 606 g/mol. The second-order valence-electron chi connectivity index (χ2n) is 11.5. The van der Waals surface area contributed by atoms with E-state index in [-0.39, 0.29) is 17.9 Å². The van der Waals surface area contributed by atoms with Gasteiger partial charge in [-0.3, -0.25) is 14.6 Å². The summed E-state index contributed by atoms with van der Waals surface area (Å²) in [5, 5.41) is 11.6.